The minimum Gasteiger partial charge on any atom is -0.312 e. The van der Waals surface area contributed by atoms with Gasteiger partial charge < -0.3 is 9.21 Å². The van der Waals surface area contributed by atoms with Crippen molar-refractivity contribution in [1.82, 2.24) is 4.90 Å². The lowest BCUT2D eigenvalue weighted by Crippen LogP contribution is -2.45. The molecule has 180 valence electrons. The highest BCUT2D eigenvalue weighted by molar-refractivity contribution is 8.01. The first-order valence-electron chi connectivity index (χ1n) is 12.0. The Balaban J connectivity index is 1.25. The van der Waals surface area contributed by atoms with Gasteiger partial charge >= 0.3 is 0 Å². The minimum atomic E-state index is -2.55. The Bertz CT molecular complexity index is 1050. The monoisotopic (exact) mass is 502 g/mol. The molecule has 3 aliphatic rings. The number of alkyl halides is 2. The van der Waals surface area contributed by atoms with E-state index in [1.165, 1.54) is 45.2 Å². The van der Waals surface area contributed by atoms with Gasteiger partial charge in [0.05, 0.1) is 12.3 Å². The maximum Gasteiger partial charge on any atom is 0.278 e. The molecule has 34 heavy (non-hydrogen) atoms. The van der Waals surface area contributed by atoms with E-state index in [1.807, 2.05) is 42.3 Å². The van der Waals surface area contributed by atoms with E-state index in [0.717, 1.165) is 34.4 Å². The van der Waals surface area contributed by atoms with E-state index < -0.39 is 6.43 Å². The van der Waals surface area contributed by atoms with Crippen LogP contribution in [0.3, 0.4) is 0 Å². The SMILES string of the molecule is FC(F)C1=NN=C(c2ccc(CN(SC3CCN(C4CCC4)CC3)c3cccc(Cl)c3)cc2)C1. The van der Waals surface area contributed by atoms with Gasteiger partial charge in [0.1, 0.15) is 5.71 Å². The van der Waals surface area contributed by atoms with Crippen LogP contribution in [0.4, 0.5) is 14.5 Å². The van der Waals surface area contributed by atoms with Crippen LogP contribution in [0.1, 0.15) is 49.7 Å². The number of nitrogens with zero attached hydrogens (tertiary/aromatic N) is 4. The van der Waals surface area contributed by atoms with Crippen molar-refractivity contribution in [2.24, 2.45) is 10.2 Å². The molecule has 1 saturated heterocycles. The van der Waals surface area contributed by atoms with Gasteiger partial charge in [0, 0.05) is 28.4 Å². The molecule has 0 aromatic heterocycles. The number of rotatable bonds is 8. The Morgan fingerprint density at radius 2 is 1.79 bits per heavy atom. The number of likely N-dealkylation sites (tertiary alicyclic amines) is 1. The van der Waals surface area contributed by atoms with E-state index in [4.69, 9.17) is 11.6 Å². The van der Waals surface area contributed by atoms with Gasteiger partial charge in [-0.15, -0.1) is 0 Å². The van der Waals surface area contributed by atoms with Gasteiger partial charge in [-0.2, -0.15) is 10.2 Å². The largest absolute Gasteiger partial charge is 0.312 e. The van der Waals surface area contributed by atoms with Crippen LogP contribution in [0.25, 0.3) is 0 Å². The normalized spacial score (nSPS) is 19.8. The molecular formula is C26H29ClF2N4S. The number of benzene rings is 2. The van der Waals surface area contributed by atoms with E-state index in [9.17, 15) is 8.78 Å². The van der Waals surface area contributed by atoms with E-state index in [-0.39, 0.29) is 12.1 Å². The standard InChI is InChI=1S/C26H29ClF2N4S/c27-20-3-1-6-22(15-20)33(34-23-11-13-32(14-12-23)21-4-2-5-21)17-18-7-9-19(10-8-18)24-16-25(26(28)29)31-30-24/h1,3,6-10,15,21,23,26H,2,4-5,11-14,16-17H2. The van der Waals surface area contributed by atoms with Gasteiger partial charge in [-0.05, 0) is 80.0 Å². The highest BCUT2D eigenvalue weighted by atomic mass is 35.5. The molecule has 0 spiro atoms. The summed E-state index contributed by atoms with van der Waals surface area (Å²) in [5.41, 5.74) is 3.52. The van der Waals surface area contributed by atoms with Crippen LogP contribution in [0.15, 0.2) is 58.7 Å². The van der Waals surface area contributed by atoms with Crippen LogP contribution in [0.5, 0.6) is 0 Å². The van der Waals surface area contributed by atoms with Crippen LogP contribution < -0.4 is 4.31 Å². The third kappa shape index (κ3) is 5.64. The van der Waals surface area contributed by atoms with Crippen molar-refractivity contribution in [3.63, 3.8) is 0 Å². The molecule has 1 saturated carbocycles. The molecule has 1 aliphatic carbocycles. The summed E-state index contributed by atoms with van der Waals surface area (Å²) in [4.78, 5) is 2.68. The molecule has 4 nitrogen and oxygen atoms in total. The smallest absolute Gasteiger partial charge is 0.278 e. The lowest BCUT2D eigenvalue weighted by atomic mass is 9.90. The summed E-state index contributed by atoms with van der Waals surface area (Å²) < 4.78 is 28.1. The minimum absolute atomic E-state index is 0.112. The molecule has 0 atom stereocenters. The van der Waals surface area contributed by atoms with Crippen molar-refractivity contribution in [2.45, 2.75) is 62.8 Å². The molecule has 0 radical (unpaired) electrons. The van der Waals surface area contributed by atoms with Crippen molar-refractivity contribution in [2.75, 3.05) is 17.4 Å². The summed E-state index contributed by atoms with van der Waals surface area (Å²) in [6.07, 6.45) is 4.07. The Hall–Kier alpha value is -1.96. The predicted octanol–water partition coefficient (Wildman–Crippen LogP) is 6.83. The fourth-order valence-electron chi connectivity index (χ4n) is 4.71. The third-order valence-corrected chi connectivity index (χ3v) is 8.55. The van der Waals surface area contributed by atoms with Gasteiger partial charge in [0.15, 0.2) is 0 Å². The molecule has 0 N–H and O–H groups in total. The molecule has 0 unspecified atom stereocenters. The Morgan fingerprint density at radius 1 is 1.03 bits per heavy atom. The van der Waals surface area contributed by atoms with E-state index in [0.29, 0.717) is 11.0 Å². The highest BCUT2D eigenvalue weighted by Crippen LogP contribution is 2.36. The quantitative estimate of drug-likeness (QED) is 0.371. The number of halogens is 3. The molecule has 2 fully saturated rings. The van der Waals surface area contributed by atoms with Crippen molar-refractivity contribution in [3.05, 3.63) is 64.7 Å². The summed E-state index contributed by atoms with van der Waals surface area (Å²) in [6.45, 7) is 3.11. The van der Waals surface area contributed by atoms with Gasteiger partial charge in [0.25, 0.3) is 6.43 Å². The summed E-state index contributed by atoms with van der Waals surface area (Å²) in [5.74, 6) is 0. The summed E-state index contributed by atoms with van der Waals surface area (Å²) in [6, 6.07) is 16.8. The number of anilines is 1. The zero-order valence-corrected chi connectivity index (χ0v) is 20.6. The van der Waals surface area contributed by atoms with Gasteiger partial charge in [-0.25, -0.2) is 8.78 Å². The molecule has 0 amide bonds. The second kappa shape index (κ2) is 10.8. The third-order valence-electron chi connectivity index (χ3n) is 6.95. The van der Waals surface area contributed by atoms with Crippen LogP contribution in [-0.4, -0.2) is 47.1 Å². The predicted molar refractivity (Wildman–Crippen MR) is 138 cm³/mol. The summed E-state index contributed by atoms with van der Waals surface area (Å²) in [7, 11) is 0. The van der Waals surface area contributed by atoms with Crippen LogP contribution in [0, 0.1) is 0 Å². The van der Waals surface area contributed by atoms with Crippen molar-refractivity contribution in [1.29, 1.82) is 0 Å². The molecule has 8 heteroatoms. The fraction of sp³-hybridized carbons (Fsp3) is 0.462. The summed E-state index contributed by atoms with van der Waals surface area (Å²) in [5, 5.41) is 8.89. The number of piperidine rings is 1. The van der Waals surface area contributed by atoms with Crippen LogP contribution in [-0.2, 0) is 6.54 Å². The van der Waals surface area contributed by atoms with Crippen LogP contribution in [0.2, 0.25) is 5.02 Å². The Labute approximate surface area is 209 Å². The fourth-order valence-corrected chi connectivity index (χ4v) is 6.14. The molecule has 5 rings (SSSR count). The van der Waals surface area contributed by atoms with E-state index >= 15 is 0 Å². The summed E-state index contributed by atoms with van der Waals surface area (Å²) >= 11 is 8.24. The lowest BCUT2D eigenvalue weighted by molar-refractivity contribution is 0.107. The maximum absolute atomic E-state index is 12.9. The molecular weight excluding hydrogens is 474 g/mol. The van der Waals surface area contributed by atoms with Crippen molar-refractivity contribution in [3.8, 4) is 0 Å². The van der Waals surface area contributed by atoms with Gasteiger partial charge in [0.2, 0.25) is 0 Å². The van der Waals surface area contributed by atoms with E-state index in [2.05, 4.69) is 37.6 Å². The second-order valence-corrected chi connectivity index (χ2v) is 11.0. The maximum atomic E-state index is 12.9. The first-order valence-corrected chi connectivity index (χ1v) is 13.2. The molecule has 0 bridgehead atoms. The number of hydrogen-bond donors (Lipinski definition) is 0. The Kier molecular flexibility index (Phi) is 7.52. The second-order valence-electron chi connectivity index (χ2n) is 9.25. The van der Waals surface area contributed by atoms with Gasteiger partial charge in [-0.1, -0.05) is 48.4 Å². The van der Waals surface area contributed by atoms with Crippen molar-refractivity contribution < 1.29 is 8.78 Å². The average molecular weight is 503 g/mol. The zero-order valence-electron chi connectivity index (χ0n) is 19.0. The van der Waals surface area contributed by atoms with Crippen LogP contribution >= 0.6 is 23.5 Å². The first-order chi connectivity index (χ1) is 16.5. The first kappa shape index (κ1) is 23.8. The highest BCUT2D eigenvalue weighted by Gasteiger charge is 2.30. The molecule has 2 heterocycles. The zero-order chi connectivity index (χ0) is 23.5. The molecule has 2 aromatic carbocycles. The average Bonchev–Trinajstić information content (AvgIpc) is 3.30. The van der Waals surface area contributed by atoms with Crippen molar-refractivity contribution >= 4 is 40.7 Å². The topological polar surface area (TPSA) is 31.2 Å². The van der Waals surface area contributed by atoms with Gasteiger partial charge in [-0.3, -0.25) is 0 Å². The molecule has 2 aromatic rings. The Morgan fingerprint density at radius 3 is 2.41 bits per heavy atom. The lowest BCUT2D eigenvalue weighted by Gasteiger charge is -2.42. The molecule has 2 aliphatic heterocycles. The van der Waals surface area contributed by atoms with E-state index in [1.54, 1.807) is 0 Å². The number of hydrogen-bond acceptors (Lipinski definition) is 5.